The van der Waals surface area contributed by atoms with Crippen molar-refractivity contribution in [2.45, 2.75) is 166 Å². The predicted molar refractivity (Wildman–Crippen MR) is 299 cm³/mol. The fourth-order valence-electron chi connectivity index (χ4n) is 10.1. The van der Waals surface area contributed by atoms with Gasteiger partial charge in [0.05, 0.1) is 31.3 Å². The van der Waals surface area contributed by atoms with Gasteiger partial charge in [0.25, 0.3) is 0 Å². The number of benzene rings is 4. The number of ketones is 1. The molecule has 4 atom stereocenters. The Hall–Kier alpha value is -5.80. The van der Waals surface area contributed by atoms with Gasteiger partial charge in [-0.2, -0.15) is 0 Å². The van der Waals surface area contributed by atoms with Crippen molar-refractivity contribution < 1.29 is 28.8 Å². The van der Waals surface area contributed by atoms with Gasteiger partial charge in [-0.05, 0) is 143 Å². The van der Waals surface area contributed by atoms with Crippen LogP contribution in [0.25, 0.3) is 5.57 Å². The molecule has 5 aromatic rings. The zero-order valence-corrected chi connectivity index (χ0v) is 46.1. The van der Waals surface area contributed by atoms with Gasteiger partial charge in [-0.1, -0.05) is 121 Å². The topological polar surface area (TPSA) is 102 Å². The van der Waals surface area contributed by atoms with Crippen LogP contribution in [0.4, 0.5) is 11.4 Å². The lowest BCUT2D eigenvalue weighted by atomic mass is 9.82. The molecule has 9 heteroatoms. The summed E-state index contributed by atoms with van der Waals surface area (Å²) in [5.41, 5.74) is 12.8. The summed E-state index contributed by atoms with van der Waals surface area (Å²) in [6, 6.07) is 31.0. The molecule has 1 heterocycles. The van der Waals surface area contributed by atoms with Gasteiger partial charge in [-0.25, -0.2) is 0 Å². The standard InChI is InChI=1S/C61H81N3O6.C2H6/c1-12-22-44(31-48-25-18-16-23-45(48)14-3)37-62-55-35-59(58(68-11)34-54(55)43(9)65)69-38-50-29-21-30-51(63-50)39-70-60-36-56(53(33-57(60)67-10)42(8)47-27-20-28-47)64(40(5)6)61(66)52(41(7)13-2)32-49-26-19-17-24-46(49)15-4;1-2/h16-19,21,23-26,29-30,33-36,40-41,44,52,61-62,66H,12-15,20,22,27-28,31-32,37-39H2,1-11H3;1-2H3. The van der Waals surface area contributed by atoms with Crippen molar-refractivity contribution in [1.29, 1.82) is 0 Å². The van der Waals surface area contributed by atoms with E-state index < -0.39 is 6.23 Å². The number of methoxy groups -OCH3 is 2. The molecule has 1 aliphatic rings. The van der Waals surface area contributed by atoms with E-state index in [1.807, 2.05) is 38.1 Å². The lowest BCUT2D eigenvalue weighted by molar-refractivity contribution is 0.0663. The first-order chi connectivity index (χ1) is 34.8. The van der Waals surface area contributed by atoms with E-state index in [9.17, 15) is 9.90 Å². The zero-order chi connectivity index (χ0) is 52.3. The number of pyridine rings is 1. The lowest BCUT2D eigenvalue weighted by Gasteiger charge is -2.42. The van der Waals surface area contributed by atoms with Crippen molar-refractivity contribution >= 4 is 22.7 Å². The number of ether oxygens (including phenoxy) is 4. The van der Waals surface area contributed by atoms with Crippen molar-refractivity contribution in [2.24, 2.45) is 17.8 Å². The molecule has 9 nitrogen and oxygen atoms in total. The lowest BCUT2D eigenvalue weighted by Crippen LogP contribution is -2.48. The number of aliphatic hydroxyl groups excluding tert-OH is 1. The van der Waals surface area contributed by atoms with Gasteiger partial charge in [0.2, 0.25) is 0 Å². The molecule has 1 saturated carbocycles. The molecule has 1 aromatic heterocycles. The van der Waals surface area contributed by atoms with E-state index in [0.29, 0.717) is 40.2 Å². The van der Waals surface area contributed by atoms with E-state index in [1.54, 1.807) is 27.2 Å². The third kappa shape index (κ3) is 14.7. The molecule has 0 bridgehead atoms. The number of aliphatic hydroxyl groups is 1. The van der Waals surface area contributed by atoms with Crippen LogP contribution >= 0.6 is 0 Å². The Kier molecular flexibility index (Phi) is 22.6. The number of allylic oxidation sites excluding steroid dienone is 2. The SMILES string of the molecule is CC.CCCC(CNc1cc(OCc2cccc(COc3cc(N(C(C)C)C(O)C(Cc4ccccc4CC)C(C)CC)c(C(C)=C4CCC4)cc3OC)n2)c(OC)cc1C(C)=O)Cc1ccccc1CC. The Morgan fingerprint density at radius 3 is 1.74 bits per heavy atom. The van der Waals surface area contributed by atoms with E-state index in [0.717, 1.165) is 87.0 Å². The largest absolute Gasteiger partial charge is 0.493 e. The number of Topliss-reactive ketones (excluding diaryl/α,β-unsaturated/α-hetero) is 1. The fourth-order valence-corrected chi connectivity index (χ4v) is 10.1. The average molecular weight is 982 g/mol. The molecule has 0 aliphatic heterocycles. The maximum absolute atomic E-state index is 13.0. The van der Waals surface area contributed by atoms with Crippen molar-refractivity contribution in [3.8, 4) is 23.0 Å². The number of carbonyl (C=O) groups is 1. The first kappa shape index (κ1) is 57.1. The number of aryl methyl sites for hydroxylation is 2. The van der Waals surface area contributed by atoms with Crippen LogP contribution in [0.15, 0.2) is 96.6 Å². The Labute approximate surface area is 433 Å². The summed E-state index contributed by atoms with van der Waals surface area (Å²) in [6.07, 6.45) is 9.39. The number of rotatable bonds is 27. The van der Waals surface area contributed by atoms with Gasteiger partial charge in [-0.15, -0.1) is 0 Å². The summed E-state index contributed by atoms with van der Waals surface area (Å²) in [5, 5.41) is 16.4. The van der Waals surface area contributed by atoms with Crippen LogP contribution in [-0.2, 0) is 38.9 Å². The van der Waals surface area contributed by atoms with Crippen LogP contribution < -0.4 is 29.2 Å². The molecule has 0 spiro atoms. The first-order valence-electron chi connectivity index (χ1n) is 27.0. The van der Waals surface area contributed by atoms with Crippen LogP contribution in [0, 0.1) is 17.8 Å². The third-order valence-corrected chi connectivity index (χ3v) is 14.6. The van der Waals surface area contributed by atoms with Crippen LogP contribution in [-0.4, -0.2) is 48.9 Å². The van der Waals surface area contributed by atoms with E-state index in [1.165, 1.54) is 39.8 Å². The van der Waals surface area contributed by atoms with Gasteiger partial charge in [0.1, 0.15) is 19.4 Å². The van der Waals surface area contributed by atoms with Crippen LogP contribution in [0.3, 0.4) is 0 Å². The second kappa shape index (κ2) is 28.4. The van der Waals surface area contributed by atoms with E-state index in [2.05, 4.69) is 126 Å². The van der Waals surface area contributed by atoms with Crippen molar-refractivity contribution in [2.75, 3.05) is 31.0 Å². The molecule has 4 aromatic carbocycles. The summed E-state index contributed by atoms with van der Waals surface area (Å²) >= 11 is 0. The highest BCUT2D eigenvalue weighted by atomic mass is 16.5. The van der Waals surface area contributed by atoms with Crippen LogP contribution in [0.2, 0.25) is 0 Å². The van der Waals surface area contributed by atoms with Gasteiger partial charge in [0.15, 0.2) is 28.8 Å². The highest BCUT2D eigenvalue weighted by molar-refractivity contribution is 6.00. The number of nitrogens with zero attached hydrogens (tertiary/aromatic N) is 2. The molecule has 390 valence electrons. The molecule has 1 fully saturated rings. The molecule has 2 N–H and O–H groups in total. The minimum Gasteiger partial charge on any atom is -0.493 e. The smallest absolute Gasteiger partial charge is 0.163 e. The van der Waals surface area contributed by atoms with E-state index >= 15 is 0 Å². The van der Waals surface area contributed by atoms with Crippen LogP contribution in [0.5, 0.6) is 23.0 Å². The summed E-state index contributed by atoms with van der Waals surface area (Å²) in [4.78, 5) is 20.1. The molecule has 72 heavy (non-hydrogen) atoms. The molecule has 0 saturated heterocycles. The highest BCUT2D eigenvalue weighted by Crippen LogP contribution is 2.45. The van der Waals surface area contributed by atoms with E-state index in [4.69, 9.17) is 23.9 Å². The number of anilines is 2. The Morgan fingerprint density at radius 2 is 1.25 bits per heavy atom. The average Bonchev–Trinajstić information content (AvgIpc) is 3.38. The minimum absolute atomic E-state index is 0.0163. The number of carbonyl (C=O) groups excluding carboxylic acids is 1. The number of nitrogens with one attached hydrogen (secondary N) is 1. The Bertz CT molecular complexity index is 2530. The first-order valence-corrected chi connectivity index (χ1v) is 27.0. The maximum atomic E-state index is 13.0. The molecule has 0 amide bonds. The Balaban J connectivity index is 0.00000475. The summed E-state index contributed by atoms with van der Waals surface area (Å²) in [7, 11) is 3.27. The number of hydrogen-bond acceptors (Lipinski definition) is 9. The fraction of sp³-hybridized carbons (Fsp3) is 0.492. The van der Waals surface area contributed by atoms with Crippen molar-refractivity contribution in [3.05, 3.63) is 141 Å². The number of hydrogen-bond donors (Lipinski definition) is 2. The molecular formula is C63H87N3O6. The van der Waals surface area contributed by atoms with Gasteiger partial charge in [0, 0.05) is 47.5 Å². The van der Waals surface area contributed by atoms with Gasteiger partial charge >= 0.3 is 0 Å². The summed E-state index contributed by atoms with van der Waals surface area (Å²) in [6.45, 7) is 24.3. The number of aromatic nitrogens is 1. The van der Waals surface area contributed by atoms with Crippen LogP contribution in [0.1, 0.15) is 164 Å². The molecule has 6 rings (SSSR count). The monoisotopic (exact) mass is 982 g/mol. The zero-order valence-electron chi connectivity index (χ0n) is 46.1. The quantitative estimate of drug-likeness (QED) is 0.0393. The molecule has 1 aliphatic carbocycles. The molecule has 0 radical (unpaired) electrons. The normalized spacial score (nSPS) is 13.7. The Morgan fingerprint density at radius 1 is 0.708 bits per heavy atom. The predicted octanol–water partition coefficient (Wildman–Crippen LogP) is 15.1. The molecule has 4 unspecified atom stereocenters. The molecular weight excluding hydrogens is 895 g/mol. The second-order valence-electron chi connectivity index (χ2n) is 19.6. The second-order valence-corrected chi connectivity index (χ2v) is 19.6. The highest BCUT2D eigenvalue weighted by Gasteiger charge is 2.34. The van der Waals surface area contributed by atoms with Gasteiger partial charge < -0.3 is 34.3 Å². The van der Waals surface area contributed by atoms with Gasteiger partial charge in [-0.3, -0.25) is 9.78 Å². The summed E-state index contributed by atoms with van der Waals surface area (Å²) in [5.74, 6) is 2.80. The maximum Gasteiger partial charge on any atom is 0.163 e. The van der Waals surface area contributed by atoms with Crippen molar-refractivity contribution in [1.82, 2.24) is 4.98 Å². The minimum atomic E-state index is -0.756. The third-order valence-electron chi connectivity index (χ3n) is 14.6. The van der Waals surface area contributed by atoms with E-state index in [-0.39, 0.29) is 36.9 Å². The van der Waals surface area contributed by atoms with Crippen molar-refractivity contribution in [3.63, 3.8) is 0 Å². The summed E-state index contributed by atoms with van der Waals surface area (Å²) < 4.78 is 24.9.